The lowest BCUT2D eigenvalue weighted by molar-refractivity contribution is 1.08. The normalized spacial score (nSPS) is 11.6. The lowest BCUT2D eigenvalue weighted by Crippen LogP contribution is -2.02. The summed E-state index contributed by atoms with van der Waals surface area (Å²) in [7, 11) is 0. The second-order valence-electron chi connectivity index (χ2n) is 12.5. The number of pyridine rings is 1. The number of benzene rings is 6. The van der Waals surface area contributed by atoms with Crippen LogP contribution in [0.25, 0.3) is 88.9 Å². The van der Waals surface area contributed by atoms with Gasteiger partial charge >= 0.3 is 0 Å². The number of para-hydroxylation sites is 3. The van der Waals surface area contributed by atoms with Gasteiger partial charge in [0.15, 0.2) is 5.82 Å². The fourth-order valence-electron chi connectivity index (χ4n) is 7.43. The molecule has 0 atom stereocenters. The Labute approximate surface area is 288 Å². The summed E-state index contributed by atoms with van der Waals surface area (Å²) in [5.74, 6) is 0.691. The fraction of sp³-hybridized carbons (Fsp3) is 0. The molecule has 0 bridgehead atoms. The Morgan fingerprint density at radius 2 is 1.12 bits per heavy atom. The Morgan fingerprint density at radius 1 is 0.440 bits per heavy atom. The summed E-state index contributed by atoms with van der Waals surface area (Å²) in [5.41, 5.74) is 12.6. The van der Waals surface area contributed by atoms with Gasteiger partial charge in [-0.3, -0.25) is 4.98 Å². The smallest absolute Gasteiger partial charge is 0.159 e. The van der Waals surface area contributed by atoms with Crippen molar-refractivity contribution in [2.24, 2.45) is 0 Å². The molecular formula is C45H29N5. The van der Waals surface area contributed by atoms with Crippen LogP contribution in [-0.4, -0.2) is 24.1 Å². The zero-order valence-electron chi connectivity index (χ0n) is 27.0. The molecule has 0 spiro atoms. The van der Waals surface area contributed by atoms with Gasteiger partial charge in [0.2, 0.25) is 0 Å². The van der Waals surface area contributed by atoms with Crippen molar-refractivity contribution in [3.63, 3.8) is 0 Å². The summed E-state index contributed by atoms with van der Waals surface area (Å²) >= 11 is 0. The standard InChI is InChI=1S/C45H29N5/c1-4-14-30(15-5-1)42-41(29-47-45(48-42)31-16-6-2-7-17-31)50-39-26-25-32(28-37(39)43-40(50)24-13-27-46-43)34-21-12-22-36-35-20-10-11-23-38(35)49(44(34)36)33-18-8-3-9-19-33/h1-29H. The van der Waals surface area contributed by atoms with Crippen LogP contribution >= 0.6 is 0 Å². The maximum Gasteiger partial charge on any atom is 0.159 e. The molecule has 0 saturated heterocycles. The van der Waals surface area contributed by atoms with Crippen LogP contribution in [0.4, 0.5) is 0 Å². The number of rotatable bonds is 5. The molecule has 4 aromatic heterocycles. The molecule has 4 heterocycles. The van der Waals surface area contributed by atoms with E-state index >= 15 is 0 Å². The molecule has 50 heavy (non-hydrogen) atoms. The van der Waals surface area contributed by atoms with Crippen LogP contribution in [0.1, 0.15) is 0 Å². The Hall–Kier alpha value is -6.85. The van der Waals surface area contributed by atoms with E-state index in [4.69, 9.17) is 15.0 Å². The van der Waals surface area contributed by atoms with Crippen LogP contribution in [0.3, 0.4) is 0 Å². The molecule has 0 saturated carbocycles. The maximum absolute atomic E-state index is 5.19. The molecule has 5 heteroatoms. The van der Waals surface area contributed by atoms with E-state index in [9.17, 15) is 0 Å². The zero-order valence-corrected chi connectivity index (χ0v) is 27.0. The minimum Gasteiger partial charge on any atom is -0.309 e. The highest BCUT2D eigenvalue weighted by Crippen LogP contribution is 2.41. The van der Waals surface area contributed by atoms with Gasteiger partial charge in [0.05, 0.1) is 45.2 Å². The molecular weight excluding hydrogens is 611 g/mol. The first kappa shape index (κ1) is 28.2. The third kappa shape index (κ3) is 4.37. The number of fused-ring (bicyclic) bond motifs is 6. The van der Waals surface area contributed by atoms with E-state index in [1.807, 2.05) is 54.9 Å². The van der Waals surface area contributed by atoms with Crippen molar-refractivity contribution in [2.75, 3.05) is 0 Å². The van der Waals surface area contributed by atoms with Crippen molar-refractivity contribution in [1.82, 2.24) is 24.1 Å². The highest BCUT2D eigenvalue weighted by atomic mass is 15.0. The Balaban J connectivity index is 1.23. The van der Waals surface area contributed by atoms with E-state index in [-0.39, 0.29) is 0 Å². The van der Waals surface area contributed by atoms with Crippen molar-refractivity contribution in [1.29, 1.82) is 0 Å². The average molecular weight is 640 g/mol. The van der Waals surface area contributed by atoms with Crippen LogP contribution in [-0.2, 0) is 0 Å². The lowest BCUT2D eigenvalue weighted by atomic mass is 10.0. The maximum atomic E-state index is 5.19. The summed E-state index contributed by atoms with van der Waals surface area (Å²) in [6.45, 7) is 0. The topological polar surface area (TPSA) is 48.5 Å². The average Bonchev–Trinajstić information content (AvgIpc) is 3.71. The summed E-state index contributed by atoms with van der Waals surface area (Å²) < 4.78 is 4.66. The molecule has 6 aromatic carbocycles. The van der Waals surface area contributed by atoms with Crippen molar-refractivity contribution >= 4 is 43.7 Å². The summed E-state index contributed by atoms with van der Waals surface area (Å²) in [4.78, 5) is 15.0. The van der Waals surface area contributed by atoms with Gasteiger partial charge in [0.25, 0.3) is 0 Å². The van der Waals surface area contributed by atoms with E-state index < -0.39 is 0 Å². The van der Waals surface area contributed by atoms with Crippen LogP contribution in [0.15, 0.2) is 176 Å². The first-order valence-corrected chi connectivity index (χ1v) is 16.8. The number of nitrogens with zero attached hydrogens (tertiary/aromatic N) is 5. The zero-order chi connectivity index (χ0) is 33.0. The van der Waals surface area contributed by atoms with Gasteiger partial charge in [-0.1, -0.05) is 121 Å². The predicted octanol–water partition coefficient (Wildman–Crippen LogP) is 11.1. The molecule has 0 N–H and O–H groups in total. The largest absolute Gasteiger partial charge is 0.309 e. The Bertz CT molecular complexity index is 2850. The van der Waals surface area contributed by atoms with Crippen molar-refractivity contribution in [2.45, 2.75) is 0 Å². The van der Waals surface area contributed by atoms with E-state index in [1.54, 1.807) is 0 Å². The van der Waals surface area contributed by atoms with Crippen molar-refractivity contribution < 1.29 is 0 Å². The summed E-state index contributed by atoms with van der Waals surface area (Å²) in [5, 5.41) is 3.54. The van der Waals surface area contributed by atoms with E-state index in [0.717, 1.165) is 55.7 Å². The van der Waals surface area contributed by atoms with Gasteiger partial charge in [-0.2, -0.15) is 0 Å². The van der Waals surface area contributed by atoms with Crippen LogP contribution in [0.2, 0.25) is 0 Å². The lowest BCUT2D eigenvalue weighted by Gasteiger charge is -2.14. The molecule has 0 aliphatic heterocycles. The first-order chi connectivity index (χ1) is 24.8. The second kappa shape index (κ2) is 11.4. The molecule has 5 nitrogen and oxygen atoms in total. The highest BCUT2D eigenvalue weighted by Gasteiger charge is 2.21. The van der Waals surface area contributed by atoms with Gasteiger partial charge in [-0.05, 0) is 48.0 Å². The quantitative estimate of drug-likeness (QED) is 0.188. The van der Waals surface area contributed by atoms with Gasteiger partial charge in [0.1, 0.15) is 0 Å². The highest BCUT2D eigenvalue weighted by molar-refractivity contribution is 6.15. The molecule has 0 unspecified atom stereocenters. The second-order valence-corrected chi connectivity index (χ2v) is 12.5. The third-order valence-corrected chi connectivity index (χ3v) is 9.63. The van der Waals surface area contributed by atoms with Gasteiger partial charge in [0, 0.05) is 44.7 Å². The molecule has 0 fully saturated rings. The molecule has 0 aliphatic rings. The van der Waals surface area contributed by atoms with E-state index in [2.05, 4.69) is 130 Å². The minimum atomic E-state index is 0.691. The molecule has 10 rings (SSSR count). The minimum absolute atomic E-state index is 0.691. The van der Waals surface area contributed by atoms with Crippen molar-refractivity contribution in [3.05, 3.63) is 176 Å². The predicted molar refractivity (Wildman–Crippen MR) is 205 cm³/mol. The number of hydrogen-bond acceptors (Lipinski definition) is 3. The third-order valence-electron chi connectivity index (χ3n) is 9.63. The molecule has 0 amide bonds. The van der Waals surface area contributed by atoms with E-state index in [1.165, 1.54) is 27.4 Å². The summed E-state index contributed by atoms with van der Waals surface area (Å²) in [6, 6.07) is 57.3. The van der Waals surface area contributed by atoms with Gasteiger partial charge < -0.3 is 9.13 Å². The first-order valence-electron chi connectivity index (χ1n) is 16.8. The van der Waals surface area contributed by atoms with Gasteiger partial charge in [-0.15, -0.1) is 0 Å². The number of hydrogen-bond donors (Lipinski definition) is 0. The van der Waals surface area contributed by atoms with E-state index in [0.29, 0.717) is 5.82 Å². The fourth-order valence-corrected chi connectivity index (χ4v) is 7.43. The van der Waals surface area contributed by atoms with Gasteiger partial charge in [-0.25, -0.2) is 9.97 Å². The Morgan fingerprint density at radius 3 is 1.94 bits per heavy atom. The SMILES string of the molecule is c1ccc(-c2ncc(-n3c4ccc(-c5cccc6c7ccccc7n(-c7ccccc7)c56)cc4c4ncccc43)c(-c3ccccc3)n2)cc1. The molecule has 0 radical (unpaired) electrons. The molecule has 234 valence electrons. The Kier molecular flexibility index (Phi) is 6.42. The summed E-state index contributed by atoms with van der Waals surface area (Å²) in [6.07, 6.45) is 3.83. The molecule has 0 aliphatic carbocycles. The van der Waals surface area contributed by atoms with Crippen LogP contribution in [0, 0.1) is 0 Å². The monoisotopic (exact) mass is 639 g/mol. The molecule has 10 aromatic rings. The number of aromatic nitrogens is 5. The van der Waals surface area contributed by atoms with Crippen molar-refractivity contribution in [3.8, 4) is 45.1 Å². The van der Waals surface area contributed by atoms with Crippen LogP contribution < -0.4 is 0 Å². The van der Waals surface area contributed by atoms with Crippen LogP contribution in [0.5, 0.6) is 0 Å².